The number of nitrogen functional groups attached to an aromatic ring is 1. The van der Waals surface area contributed by atoms with Crippen LogP contribution in [0.3, 0.4) is 0 Å². The fourth-order valence-electron chi connectivity index (χ4n) is 1.42. The van der Waals surface area contributed by atoms with E-state index < -0.39 is 0 Å². The molecule has 2 nitrogen and oxygen atoms in total. The third kappa shape index (κ3) is 5.17. The van der Waals surface area contributed by atoms with E-state index in [0.717, 1.165) is 31.7 Å². The van der Waals surface area contributed by atoms with Gasteiger partial charge in [0.15, 0.2) is 0 Å². The van der Waals surface area contributed by atoms with E-state index in [4.69, 9.17) is 10.5 Å². The van der Waals surface area contributed by atoms with Crippen LogP contribution >= 0.6 is 0 Å². The average Bonchev–Trinajstić information content (AvgIpc) is 2.18. The Balaban J connectivity index is 2.19. The Morgan fingerprint density at radius 1 is 1.12 bits per heavy atom. The van der Waals surface area contributed by atoms with Gasteiger partial charge >= 0.3 is 0 Å². The van der Waals surface area contributed by atoms with Crippen LogP contribution in [0, 0.1) is 5.41 Å². The van der Waals surface area contributed by atoms with Gasteiger partial charge in [-0.1, -0.05) is 39.0 Å². The summed E-state index contributed by atoms with van der Waals surface area (Å²) in [6.07, 6.45) is 1.99. The molecule has 0 unspecified atom stereocenters. The monoisotopic (exact) mass is 221 g/mol. The number of para-hydroxylation sites is 1. The van der Waals surface area contributed by atoms with Crippen molar-refractivity contribution in [2.75, 3.05) is 18.9 Å². The standard InChI is InChI=1S/C14H23NO/c1-14(2,3)9-11-16-10-8-12-6-4-5-7-13(12)15/h4-7H,8-11,15H2,1-3H3. The molecule has 0 saturated carbocycles. The zero-order chi connectivity index (χ0) is 12.0. The van der Waals surface area contributed by atoms with Crippen LogP contribution in [-0.2, 0) is 11.2 Å². The third-order valence-electron chi connectivity index (χ3n) is 2.57. The van der Waals surface area contributed by atoms with Crippen LogP contribution in [0.5, 0.6) is 0 Å². The number of benzene rings is 1. The fourth-order valence-corrected chi connectivity index (χ4v) is 1.42. The van der Waals surface area contributed by atoms with Crippen LogP contribution in [0.25, 0.3) is 0 Å². The molecule has 1 aromatic carbocycles. The van der Waals surface area contributed by atoms with Gasteiger partial charge in [-0.15, -0.1) is 0 Å². The number of hydrogen-bond donors (Lipinski definition) is 1. The van der Waals surface area contributed by atoms with Crippen molar-refractivity contribution in [1.82, 2.24) is 0 Å². The van der Waals surface area contributed by atoms with E-state index >= 15 is 0 Å². The highest BCUT2D eigenvalue weighted by Crippen LogP contribution is 2.18. The molecule has 0 heterocycles. The lowest BCUT2D eigenvalue weighted by atomic mass is 9.93. The van der Waals surface area contributed by atoms with Crippen molar-refractivity contribution >= 4 is 5.69 Å². The Kier molecular flexibility index (Phi) is 4.81. The molecule has 90 valence electrons. The van der Waals surface area contributed by atoms with Crippen LogP contribution in [0.4, 0.5) is 5.69 Å². The normalized spacial score (nSPS) is 11.7. The van der Waals surface area contributed by atoms with Gasteiger partial charge in [0.25, 0.3) is 0 Å². The molecule has 0 spiro atoms. The zero-order valence-corrected chi connectivity index (χ0v) is 10.6. The highest BCUT2D eigenvalue weighted by atomic mass is 16.5. The Morgan fingerprint density at radius 3 is 2.44 bits per heavy atom. The Hall–Kier alpha value is -1.02. The summed E-state index contributed by atoms with van der Waals surface area (Å²) in [5.74, 6) is 0. The summed E-state index contributed by atoms with van der Waals surface area (Å²) in [5.41, 5.74) is 8.24. The lowest BCUT2D eigenvalue weighted by Crippen LogP contribution is -2.11. The minimum Gasteiger partial charge on any atom is -0.399 e. The second-order valence-corrected chi connectivity index (χ2v) is 5.37. The van der Waals surface area contributed by atoms with Crippen molar-refractivity contribution in [3.05, 3.63) is 29.8 Å². The summed E-state index contributed by atoms with van der Waals surface area (Å²) in [4.78, 5) is 0. The van der Waals surface area contributed by atoms with E-state index in [1.807, 2.05) is 18.2 Å². The molecule has 1 aromatic rings. The molecule has 0 aromatic heterocycles. The first-order chi connectivity index (χ1) is 7.49. The predicted octanol–water partition coefficient (Wildman–Crippen LogP) is 3.26. The van der Waals surface area contributed by atoms with E-state index in [9.17, 15) is 0 Å². The number of hydrogen-bond acceptors (Lipinski definition) is 2. The van der Waals surface area contributed by atoms with Crippen molar-refractivity contribution in [1.29, 1.82) is 0 Å². The molecule has 2 heteroatoms. The number of rotatable bonds is 5. The summed E-state index contributed by atoms with van der Waals surface area (Å²) in [6, 6.07) is 7.97. The molecule has 16 heavy (non-hydrogen) atoms. The quantitative estimate of drug-likeness (QED) is 0.612. The van der Waals surface area contributed by atoms with Crippen molar-refractivity contribution < 1.29 is 4.74 Å². The first-order valence-electron chi connectivity index (χ1n) is 5.90. The van der Waals surface area contributed by atoms with Gasteiger partial charge < -0.3 is 10.5 Å². The van der Waals surface area contributed by atoms with Gasteiger partial charge in [-0.05, 0) is 29.9 Å². The van der Waals surface area contributed by atoms with Gasteiger partial charge in [0.05, 0.1) is 6.61 Å². The van der Waals surface area contributed by atoms with E-state index in [1.54, 1.807) is 0 Å². The largest absolute Gasteiger partial charge is 0.399 e. The van der Waals surface area contributed by atoms with E-state index in [1.165, 1.54) is 5.56 Å². The molecule has 0 amide bonds. The van der Waals surface area contributed by atoms with Gasteiger partial charge in [0, 0.05) is 12.3 Å². The van der Waals surface area contributed by atoms with Gasteiger partial charge in [-0.3, -0.25) is 0 Å². The second-order valence-electron chi connectivity index (χ2n) is 5.37. The maximum atomic E-state index is 5.85. The summed E-state index contributed by atoms with van der Waals surface area (Å²) in [6.45, 7) is 8.27. The zero-order valence-electron chi connectivity index (χ0n) is 10.6. The van der Waals surface area contributed by atoms with E-state index in [-0.39, 0.29) is 0 Å². The molecule has 1 rings (SSSR count). The first kappa shape index (κ1) is 13.0. The molecule has 2 N–H and O–H groups in total. The van der Waals surface area contributed by atoms with Crippen molar-refractivity contribution in [2.24, 2.45) is 5.41 Å². The predicted molar refractivity (Wildman–Crippen MR) is 69.4 cm³/mol. The smallest absolute Gasteiger partial charge is 0.0507 e. The number of nitrogens with two attached hydrogens (primary N) is 1. The maximum Gasteiger partial charge on any atom is 0.0507 e. The molecule has 0 aliphatic carbocycles. The van der Waals surface area contributed by atoms with Crippen molar-refractivity contribution in [3.63, 3.8) is 0 Å². The van der Waals surface area contributed by atoms with Crippen molar-refractivity contribution in [2.45, 2.75) is 33.6 Å². The molecule has 0 aliphatic rings. The van der Waals surface area contributed by atoms with E-state index in [2.05, 4.69) is 26.8 Å². The van der Waals surface area contributed by atoms with Crippen LogP contribution in [0.2, 0.25) is 0 Å². The highest BCUT2D eigenvalue weighted by molar-refractivity contribution is 5.46. The molecule has 0 fully saturated rings. The molecule has 0 atom stereocenters. The number of ether oxygens (including phenoxy) is 1. The lowest BCUT2D eigenvalue weighted by molar-refractivity contribution is 0.111. The Morgan fingerprint density at radius 2 is 1.81 bits per heavy atom. The van der Waals surface area contributed by atoms with Gasteiger partial charge in [0.1, 0.15) is 0 Å². The topological polar surface area (TPSA) is 35.2 Å². The molecular formula is C14H23NO. The lowest BCUT2D eigenvalue weighted by Gasteiger charge is -2.17. The Labute approximate surface area is 98.8 Å². The second kappa shape index (κ2) is 5.90. The highest BCUT2D eigenvalue weighted by Gasteiger charge is 2.09. The Bertz CT molecular complexity index is 315. The molecule has 0 aliphatic heterocycles. The summed E-state index contributed by atoms with van der Waals surface area (Å²) in [7, 11) is 0. The fraction of sp³-hybridized carbons (Fsp3) is 0.571. The first-order valence-corrected chi connectivity index (χ1v) is 5.90. The summed E-state index contributed by atoms with van der Waals surface area (Å²) >= 11 is 0. The molecular weight excluding hydrogens is 198 g/mol. The van der Waals surface area contributed by atoms with E-state index in [0.29, 0.717) is 5.41 Å². The van der Waals surface area contributed by atoms with Gasteiger partial charge in [0.2, 0.25) is 0 Å². The SMILES string of the molecule is CC(C)(C)CCOCCc1ccccc1N. The van der Waals surface area contributed by atoms with Crippen LogP contribution in [-0.4, -0.2) is 13.2 Å². The minimum atomic E-state index is 0.353. The summed E-state index contributed by atoms with van der Waals surface area (Å²) < 4.78 is 5.61. The minimum absolute atomic E-state index is 0.353. The van der Waals surface area contributed by atoms with Crippen molar-refractivity contribution in [3.8, 4) is 0 Å². The van der Waals surface area contributed by atoms with Crippen LogP contribution in [0.1, 0.15) is 32.8 Å². The maximum absolute atomic E-state index is 5.85. The molecule has 0 bridgehead atoms. The average molecular weight is 221 g/mol. The summed E-state index contributed by atoms with van der Waals surface area (Å²) in [5, 5.41) is 0. The molecule has 0 saturated heterocycles. The van der Waals surface area contributed by atoms with Gasteiger partial charge in [-0.25, -0.2) is 0 Å². The van der Waals surface area contributed by atoms with Crippen LogP contribution in [0.15, 0.2) is 24.3 Å². The van der Waals surface area contributed by atoms with Gasteiger partial charge in [-0.2, -0.15) is 0 Å². The molecule has 0 radical (unpaired) electrons. The number of anilines is 1. The third-order valence-corrected chi connectivity index (χ3v) is 2.57. The van der Waals surface area contributed by atoms with Crippen LogP contribution < -0.4 is 5.73 Å².